The number of rotatable bonds is 6. The SMILES string of the molecule is COC(=O)CCC[C@]1(CC(=O)OC)CCc2c(F)cccc2C1=O. The summed E-state index contributed by atoms with van der Waals surface area (Å²) >= 11 is 0. The molecule has 0 saturated carbocycles. The van der Waals surface area contributed by atoms with Gasteiger partial charge in [-0.25, -0.2) is 4.39 Å². The first-order valence-electron chi connectivity index (χ1n) is 7.89. The normalized spacial score (nSPS) is 19.5. The average molecular weight is 336 g/mol. The van der Waals surface area contributed by atoms with Crippen molar-refractivity contribution in [1.82, 2.24) is 0 Å². The third-order valence-corrected chi connectivity index (χ3v) is 4.67. The third-order valence-electron chi connectivity index (χ3n) is 4.67. The first kappa shape index (κ1) is 18.1. The molecule has 1 aliphatic rings. The fraction of sp³-hybridized carbons (Fsp3) is 0.500. The van der Waals surface area contributed by atoms with Crippen molar-refractivity contribution in [2.24, 2.45) is 5.41 Å². The molecule has 0 spiro atoms. The summed E-state index contributed by atoms with van der Waals surface area (Å²) in [4.78, 5) is 36.1. The summed E-state index contributed by atoms with van der Waals surface area (Å²) < 4.78 is 23.3. The summed E-state index contributed by atoms with van der Waals surface area (Å²) in [6.45, 7) is 0. The van der Waals surface area contributed by atoms with Gasteiger partial charge in [0, 0.05) is 17.4 Å². The van der Waals surface area contributed by atoms with Gasteiger partial charge in [0.2, 0.25) is 0 Å². The van der Waals surface area contributed by atoms with Gasteiger partial charge in [-0.1, -0.05) is 12.1 Å². The zero-order valence-electron chi connectivity index (χ0n) is 13.9. The van der Waals surface area contributed by atoms with E-state index < -0.39 is 17.2 Å². The van der Waals surface area contributed by atoms with Crippen LogP contribution in [0.3, 0.4) is 0 Å². The van der Waals surface area contributed by atoms with Crippen molar-refractivity contribution in [1.29, 1.82) is 0 Å². The Balaban J connectivity index is 2.28. The number of Topliss-reactive ketones (excluding diaryl/α,β-unsaturated/α-hetero) is 1. The van der Waals surface area contributed by atoms with E-state index in [-0.39, 0.29) is 24.6 Å². The van der Waals surface area contributed by atoms with Gasteiger partial charge in [-0.2, -0.15) is 0 Å². The Labute approximate surface area is 140 Å². The number of benzene rings is 1. The van der Waals surface area contributed by atoms with Crippen LogP contribution in [0.5, 0.6) is 0 Å². The number of ketones is 1. The molecule has 1 atom stereocenters. The van der Waals surface area contributed by atoms with E-state index in [1.165, 1.54) is 26.4 Å². The van der Waals surface area contributed by atoms with Crippen LogP contribution >= 0.6 is 0 Å². The predicted molar refractivity (Wildman–Crippen MR) is 84.0 cm³/mol. The van der Waals surface area contributed by atoms with Gasteiger partial charge in [0.25, 0.3) is 0 Å². The number of esters is 2. The molecule has 0 fully saturated rings. The Bertz CT molecular complexity index is 655. The lowest BCUT2D eigenvalue weighted by molar-refractivity contribution is -0.143. The van der Waals surface area contributed by atoms with Crippen LogP contribution in [-0.2, 0) is 25.5 Å². The molecule has 0 amide bonds. The smallest absolute Gasteiger partial charge is 0.306 e. The Morgan fingerprint density at radius 2 is 1.92 bits per heavy atom. The lowest BCUT2D eigenvalue weighted by Gasteiger charge is -2.36. The fourth-order valence-electron chi connectivity index (χ4n) is 3.31. The van der Waals surface area contributed by atoms with E-state index in [1.807, 2.05) is 0 Å². The van der Waals surface area contributed by atoms with Crippen molar-refractivity contribution in [3.05, 3.63) is 35.1 Å². The van der Waals surface area contributed by atoms with Gasteiger partial charge in [0.15, 0.2) is 5.78 Å². The number of carbonyl (C=O) groups is 3. The van der Waals surface area contributed by atoms with E-state index >= 15 is 0 Å². The maximum Gasteiger partial charge on any atom is 0.306 e. The number of methoxy groups -OCH3 is 2. The van der Waals surface area contributed by atoms with Crippen LogP contribution in [0.15, 0.2) is 18.2 Å². The summed E-state index contributed by atoms with van der Waals surface area (Å²) in [6.07, 6.45) is 1.60. The van der Waals surface area contributed by atoms with Crippen LogP contribution in [0.4, 0.5) is 4.39 Å². The Hall–Kier alpha value is -2.24. The van der Waals surface area contributed by atoms with E-state index in [1.54, 1.807) is 6.07 Å². The van der Waals surface area contributed by atoms with Crippen LogP contribution in [-0.4, -0.2) is 31.9 Å². The molecule has 0 bridgehead atoms. The quantitative estimate of drug-likeness (QED) is 0.747. The fourth-order valence-corrected chi connectivity index (χ4v) is 3.31. The zero-order chi connectivity index (χ0) is 17.7. The van der Waals surface area contributed by atoms with Crippen molar-refractivity contribution >= 4 is 17.7 Å². The van der Waals surface area contributed by atoms with Gasteiger partial charge < -0.3 is 9.47 Å². The molecule has 5 nitrogen and oxygen atoms in total. The van der Waals surface area contributed by atoms with Gasteiger partial charge >= 0.3 is 11.9 Å². The first-order chi connectivity index (χ1) is 11.4. The molecule has 1 aromatic rings. The minimum absolute atomic E-state index is 0.0700. The third kappa shape index (κ3) is 3.63. The molecule has 0 aliphatic heterocycles. The van der Waals surface area contributed by atoms with Crippen LogP contribution in [0.25, 0.3) is 0 Å². The highest BCUT2D eigenvalue weighted by atomic mass is 19.1. The molecule has 1 aliphatic carbocycles. The highest BCUT2D eigenvalue weighted by Crippen LogP contribution is 2.43. The van der Waals surface area contributed by atoms with E-state index in [0.29, 0.717) is 36.8 Å². The monoisotopic (exact) mass is 336 g/mol. The van der Waals surface area contributed by atoms with Crippen LogP contribution < -0.4 is 0 Å². The lowest BCUT2D eigenvalue weighted by atomic mass is 9.66. The lowest BCUT2D eigenvalue weighted by Crippen LogP contribution is -2.39. The number of fused-ring (bicyclic) bond motifs is 1. The molecule has 6 heteroatoms. The summed E-state index contributed by atoms with van der Waals surface area (Å²) in [5, 5.41) is 0. The topological polar surface area (TPSA) is 69.7 Å². The molecule has 0 heterocycles. The van der Waals surface area contributed by atoms with Crippen LogP contribution in [0.2, 0.25) is 0 Å². The molecule has 0 saturated heterocycles. The van der Waals surface area contributed by atoms with Gasteiger partial charge in [0.1, 0.15) is 5.82 Å². The van der Waals surface area contributed by atoms with Crippen molar-refractivity contribution in [3.63, 3.8) is 0 Å². The van der Waals surface area contributed by atoms with Gasteiger partial charge in [0.05, 0.1) is 20.6 Å². The Morgan fingerprint density at radius 1 is 1.21 bits per heavy atom. The van der Waals surface area contributed by atoms with Crippen LogP contribution in [0.1, 0.15) is 48.0 Å². The van der Waals surface area contributed by atoms with Gasteiger partial charge in [-0.05, 0) is 37.3 Å². The zero-order valence-corrected chi connectivity index (χ0v) is 13.9. The molecule has 0 radical (unpaired) electrons. The second-order valence-electron chi connectivity index (χ2n) is 6.06. The first-order valence-corrected chi connectivity index (χ1v) is 7.89. The van der Waals surface area contributed by atoms with E-state index in [0.717, 1.165) is 0 Å². The molecule has 130 valence electrons. The van der Waals surface area contributed by atoms with Gasteiger partial charge in [-0.15, -0.1) is 0 Å². The van der Waals surface area contributed by atoms with Crippen molar-refractivity contribution in [3.8, 4) is 0 Å². The summed E-state index contributed by atoms with van der Waals surface area (Å²) in [6, 6.07) is 4.41. The highest BCUT2D eigenvalue weighted by Gasteiger charge is 2.44. The van der Waals surface area contributed by atoms with Crippen LogP contribution in [0, 0.1) is 11.2 Å². The number of hydrogen-bond acceptors (Lipinski definition) is 5. The van der Waals surface area contributed by atoms with Crippen molar-refractivity contribution in [2.75, 3.05) is 14.2 Å². The number of ether oxygens (including phenoxy) is 2. The number of halogens is 1. The molecule has 1 aromatic carbocycles. The van der Waals surface area contributed by atoms with Crippen molar-refractivity contribution in [2.45, 2.75) is 38.5 Å². The summed E-state index contributed by atoms with van der Waals surface area (Å²) in [5.41, 5.74) is -0.235. The maximum atomic E-state index is 13.9. The average Bonchev–Trinajstić information content (AvgIpc) is 2.58. The van der Waals surface area contributed by atoms with E-state index in [2.05, 4.69) is 4.74 Å². The molecular weight excluding hydrogens is 315 g/mol. The number of carbonyl (C=O) groups excluding carboxylic acids is 3. The second kappa shape index (κ2) is 7.55. The molecule has 2 rings (SSSR count). The Morgan fingerprint density at radius 3 is 2.58 bits per heavy atom. The standard InChI is InChI=1S/C18H21FO5/c1-23-15(20)7-4-9-18(11-16(21)24-2)10-8-12-13(17(18)22)5-3-6-14(12)19/h3,5-6H,4,7-11H2,1-2H3/t18-/m1/s1. The van der Waals surface area contributed by atoms with Gasteiger partial charge in [-0.3, -0.25) is 14.4 Å². The molecule has 0 unspecified atom stereocenters. The minimum atomic E-state index is -0.956. The molecule has 0 aromatic heterocycles. The maximum absolute atomic E-state index is 13.9. The summed E-state index contributed by atoms with van der Waals surface area (Å²) in [5.74, 6) is -1.50. The van der Waals surface area contributed by atoms with Crippen molar-refractivity contribution < 1.29 is 28.2 Å². The number of hydrogen-bond donors (Lipinski definition) is 0. The Kier molecular flexibility index (Phi) is 5.70. The minimum Gasteiger partial charge on any atom is -0.469 e. The molecular formula is C18H21FO5. The highest BCUT2D eigenvalue weighted by molar-refractivity contribution is 6.04. The molecule has 0 N–H and O–H groups in total. The largest absolute Gasteiger partial charge is 0.469 e. The predicted octanol–water partition coefficient (Wildman–Crippen LogP) is 2.85. The second-order valence-corrected chi connectivity index (χ2v) is 6.06. The van der Waals surface area contributed by atoms with E-state index in [9.17, 15) is 18.8 Å². The van der Waals surface area contributed by atoms with E-state index in [4.69, 9.17) is 4.74 Å². The molecule has 24 heavy (non-hydrogen) atoms. The summed E-state index contributed by atoms with van der Waals surface area (Å²) in [7, 11) is 2.57.